The predicted molar refractivity (Wildman–Crippen MR) is 114 cm³/mol. The minimum absolute atomic E-state index is 0.186. The van der Waals surface area contributed by atoms with E-state index < -0.39 is 0 Å². The van der Waals surface area contributed by atoms with Crippen LogP contribution in [0.4, 0.5) is 0 Å². The minimum Gasteiger partial charge on any atom is -0.381 e. The van der Waals surface area contributed by atoms with Crippen LogP contribution in [0.25, 0.3) is 10.7 Å². The molecule has 0 aromatic carbocycles. The van der Waals surface area contributed by atoms with E-state index in [9.17, 15) is 4.79 Å². The summed E-state index contributed by atoms with van der Waals surface area (Å²) in [6, 6.07) is 3.89. The van der Waals surface area contributed by atoms with Gasteiger partial charge in [0.05, 0.1) is 4.88 Å². The number of hydrogen-bond acceptors (Lipinski definition) is 6. The number of aromatic nitrogens is 3. The van der Waals surface area contributed by atoms with Crippen LogP contribution in [0, 0.1) is 6.92 Å². The van der Waals surface area contributed by atoms with Crippen LogP contribution in [0.2, 0.25) is 0 Å². The summed E-state index contributed by atoms with van der Waals surface area (Å²) in [5.74, 6) is 0.985. The van der Waals surface area contributed by atoms with Crippen molar-refractivity contribution in [1.29, 1.82) is 0 Å². The maximum absolute atomic E-state index is 12.6. The van der Waals surface area contributed by atoms with Gasteiger partial charge in [-0.05, 0) is 56.5 Å². The molecular weight excluding hydrogens is 370 g/mol. The summed E-state index contributed by atoms with van der Waals surface area (Å²) in [7, 11) is 1.95. The summed E-state index contributed by atoms with van der Waals surface area (Å²) in [6.45, 7) is 5.19. The highest BCUT2D eigenvalue weighted by molar-refractivity contribution is 7.13. The molecule has 0 radical (unpaired) electrons. The van der Waals surface area contributed by atoms with Gasteiger partial charge in [-0.15, -0.1) is 16.4 Å². The lowest BCUT2D eigenvalue weighted by Gasteiger charge is -2.07. The second kappa shape index (κ2) is 9.43. The van der Waals surface area contributed by atoms with Crippen molar-refractivity contribution in [2.24, 2.45) is 0 Å². The molecule has 28 heavy (non-hydrogen) atoms. The van der Waals surface area contributed by atoms with E-state index in [0.717, 1.165) is 29.1 Å². The average molecular weight is 396 g/mol. The summed E-state index contributed by atoms with van der Waals surface area (Å²) < 4.78 is 1.36. The van der Waals surface area contributed by atoms with Crippen molar-refractivity contribution in [3.63, 3.8) is 0 Å². The lowest BCUT2D eigenvalue weighted by molar-refractivity contribution is 0.0950. The van der Waals surface area contributed by atoms with Crippen LogP contribution in [0.5, 0.6) is 0 Å². The second-order valence-electron chi connectivity index (χ2n) is 6.64. The Labute approximate surface area is 169 Å². The Kier molecular flexibility index (Phi) is 6.73. The van der Waals surface area contributed by atoms with Crippen LogP contribution in [0.3, 0.4) is 0 Å². The number of aryl methyl sites for hydroxylation is 1. The van der Waals surface area contributed by atoms with Gasteiger partial charge in [-0.2, -0.15) is 4.68 Å². The van der Waals surface area contributed by atoms with Crippen LogP contribution < -0.4 is 10.6 Å². The van der Waals surface area contributed by atoms with Crippen molar-refractivity contribution >= 4 is 17.2 Å². The van der Waals surface area contributed by atoms with Gasteiger partial charge in [0.15, 0.2) is 5.82 Å². The Morgan fingerprint density at radius 2 is 2.25 bits per heavy atom. The molecule has 1 aliphatic carbocycles. The topological polar surface area (TPSA) is 71.8 Å². The van der Waals surface area contributed by atoms with Crippen molar-refractivity contribution < 1.29 is 4.79 Å². The molecule has 0 fully saturated rings. The van der Waals surface area contributed by atoms with E-state index in [0.29, 0.717) is 18.2 Å². The van der Waals surface area contributed by atoms with Gasteiger partial charge in [0.1, 0.15) is 5.82 Å². The lowest BCUT2D eigenvalue weighted by atomic mass is 10.2. The zero-order valence-electron chi connectivity index (χ0n) is 16.4. The highest BCUT2D eigenvalue weighted by atomic mass is 32.1. The summed E-state index contributed by atoms with van der Waals surface area (Å²) in [4.78, 5) is 17.9. The van der Waals surface area contributed by atoms with E-state index in [1.807, 2.05) is 31.5 Å². The lowest BCUT2D eigenvalue weighted by Crippen LogP contribution is -2.17. The fraction of sp³-hybridized carbons (Fsp3) is 0.286. The van der Waals surface area contributed by atoms with E-state index in [4.69, 9.17) is 0 Å². The smallest absolute Gasteiger partial charge is 0.272 e. The Hall–Kier alpha value is -2.77. The maximum atomic E-state index is 12.6. The van der Waals surface area contributed by atoms with Gasteiger partial charge in [0.2, 0.25) is 0 Å². The Balaban J connectivity index is 1.63. The highest BCUT2D eigenvalue weighted by Crippen LogP contribution is 2.21. The molecule has 2 heterocycles. The number of carbonyl (C=O) groups excluding carboxylic acids is 1. The third kappa shape index (κ3) is 5.15. The van der Waals surface area contributed by atoms with Crippen molar-refractivity contribution in [2.75, 3.05) is 20.1 Å². The Bertz CT molecular complexity index is 948. The normalized spacial score (nSPS) is 14.5. The largest absolute Gasteiger partial charge is 0.381 e. The third-order valence-electron chi connectivity index (χ3n) is 4.24. The summed E-state index contributed by atoms with van der Waals surface area (Å²) >= 11 is 1.56. The van der Waals surface area contributed by atoms with E-state index in [1.54, 1.807) is 24.3 Å². The van der Waals surface area contributed by atoms with Crippen LogP contribution in [0.1, 0.15) is 24.0 Å². The number of likely N-dealkylation sites (N-methyl/N-ethyl adjacent to an activating group) is 1. The van der Waals surface area contributed by atoms with Crippen LogP contribution in [-0.2, 0) is 0 Å². The predicted octanol–water partition coefficient (Wildman–Crippen LogP) is 3.48. The quantitative estimate of drug-likeness (QED) is 0.703. The molecule has 2 N–H and O–H groups in total. The summed E-state index contributed by atoms with van der Waals surface area (Å²) in [6.07, 6.45) is 11.0. The molecule has 0 unspecified atom stereocenters. The number of nitrogens with one attached hydrogen (secondary N) is 2. The second-order valence-corrected chi connectivity index (χ2v) is 7.59. The average Bonchev–Trinajstić information content (AvgIpc) is 3.27. The number of thiophene rings is 1. The van der Waals surface area contributed by atoms with E-state index in [1.165, 1.54) is 10.3 Å². The maximum Gasteiger partial charge on any atom is 0.272 e. The van der Waals surface area contributed by atoms with Gasteiger partial charge in [0, 0.05) is 24.9 Å². The first-order valence-corrected chi connectivity index (χ1v) is 10.1. The molecule has 0 saturated carbocycles. The van der Waals surface area contributed by atoms with E-state index >= 15 is 0 Å². The zero-order chi connectivity index (χ0) is 19.9. The molecule has 7 heteroatoms. The van der Waals surface area contributed by atoms with Gasteiger partial charge in [-0.3, -0.25) is 4.79 Å². The van der Waals surface area contributed by atoms with E-state index in [2.05, 4.69) is 45.0 Å². The van der Waals surface area contributed by atoms with Gasteiger partial charge in [0.25, 0.3) is 5.91 Å². The molecule has 6 nitrogen and oxygen atoms in total. The molecule has 0 amide bonds. The van der Waals surface area contributed by atoms with Gasteiger partial charge in [-0.25, -0.2) is 4.98 Å². The highest BCUT2D eigenvalue weighted by Gasteiger charge is 2.13. The van der Waals surface area contributed by atoms with Crippen molar-refractivity contribution in [3.05, 3.63) is 70.6 Å². The molecular formula is C21H25N5OS. The SMILES string of the molecule is CNCC1=CC=C(NC/C(C)=C/C(=O)n2nc(-c3cccs3)nc2C)C=CC1. The first-order chi connectivity index (χ1) is 13.6. The first kappa shape index (κ1) is 20.0. The summed E-state index contributed by atoms with van der Waals surface area (Å²) in [5.41, 5.74) is 3.29. The minimum atomic E-state index is -0.186. The van der Waals surface area contributed by atoms with Crippen LogP contribution in [0.15, 0.2) is 64.7 Å². The molecule has 2 aromatic rings. The molecule has 0 atom stereocenters. The molecule has 2 aromatic heterocycles. The molecule has 0 spiro atoms. The van der Waals surface area contributed by atoms with Crippen molar-refractivity contribution in [3.8, 4) is 10.7 Å². The fourth-order valence-electron chi connectivity index (χ4n) is 2.82. The molecule has 0 aliphatic heterocycles. The fourth-order valence-corrected chi connectivity index (χ4v) is 3.47. The molecule has 0 bridgehead atoms. The van der Waals surface area contributed by atoms with Crippen molar-refractivity contribution in [1.82, 2.24) is 25.4 Å². The number of rotatable bonds is 7. The number of allylic oxidation sites excluding steroid dienone is 5. The molecule has 3 rings (SSSR count). The molecule has 0 saturated heterocycles. The molecule has 146 valence electrons. The van der Waals surface area contributed by atoms with Gasteiger partial charge >= 0.3 is 0 Å². The third-order valence-corrected chi connectivity index (χ3v) is 5.11. The zero-order valence-corrected chi connectivity index (χ0v) is 17.2. The summed E-state index contributed by atoms with van der Waals surface area (Å²) in [5, 5.41) is 12.9. The number of hydrogen-bond donors (Lipinski definition) is 2. The Morgan fingerprint density at radius 3 is 3.00 bits per heavy atom. The van der Waals surface area contributed by atoms with Gasteiger partial charge in [-0.1, -0.05) is 23.8 Å². The van der Waals surface area contributed by atoms with E-state index in [-0.39, 0.29) is 5.91 Å². The van der Waals surface area contributed by atoms with Crippen LogP contribution >= 0.6 is 11.3 Å². The standard InChI is InChI=1S/C21H25N5OS/c1-15(13-23-18-7-4-6-17(9-10-18)14-22-3)12-20(27)26-16(2)24-21(25-26)19-8-5-11-28-19/h4-5,7-12,22-23H,6,13-14H2,1-3H3/b15-12+. The first-order valence-electron chi connectivity index (χ1n) is 9.20. The van der Waals surface area contributed by atoms with Gasteiger partial charge < -0.3 is 10.6 Å². The number of carbonyl (C=O) groups is 1. The monoisotopic (exact) mass is 395 g/mol. The van der Waals surface area contributed by atoms with Crippen LogP contribution in [-0.4, -0.2) is 40.8 Å². The Morgan fingerprint density at radius 1 is 1.39 bits per heavy atom. The number of nitrogens with zero attached hydrogens (tertiary/aromatic N) is 3. The molecule has 1 aliphatic rings. The van der Waals surface area contributed by atoms with Crippen molar-refractivity contribution in [2.45, 2.75) is 20.3 Å².